The standard InChI is InChI=1S/C20H26N4O3S/c1-12(2)27-18(26)17-13(3)21-19(28-17)22-16(25)10-24-11-20(4,5)23-14-8-6-7-9-15(14)24/h6-9,12,23H,10-11H2,1-5H3,(H,21,22,25). The highest BCUT2D eigenvalue weighted by atomic mass is 32.1. The molecule has 28 heavy (non-hydrogen) atoms. The van der Waals surface area contributed by atoms with Gasteiger partial charge in [-0.3, -0.25) is 4.79 Å². The number of ether oxygens (including phenoxy) is 1. The molecule has 2 heterocycles. The fourth-order valence-corrected chi connectivity index (χ4v) is 4.07. The number of nitrogens with one attached hydrogen (secondary N) is 2. The summed E-state index contributed by atoms with van der Waals surface area (Å²) in [5.41, 5.74) is 2.41. The monoisotopic (exact) mass is 402 g/mol. The Balaban J connectivity index is 1.70. The van der Waals surface area contributed by atoms with E-state index >= 15 is 0 Å². The molecule has 0 fully saturated rings. The van der Waals surface area contributed by atoms with Crippen molar-refractivity contribution in [2.75, 3.05) is 28.6 Å². The molecule has 0 atom stereocenters. The van der Waals surface area contributed by atoms with Gasteiger partial charge in [-0.05, 0) is 46.8 Å². The number of amides is 1. The molecule has 8 heteroatoms. The number of anilines is 3. The second-order valence-electron chi connectivity index (χ2n) is 7.82. The van der Waals surface area contributed by atoms with E-state index in [4.69, 9.17) is 4.74 Å². The number of hydrogen-bond donors (Lipinski definition) is 2. The third kappa shape index (κ3) is 4.62. The van der Waals surface area contributed by atoms with E-state index in [9.17, 15) is 9.59 Å². The highest BCUT2D eigenvalue weighted by molar-refractivity contribution is 7.17. The molecule has 1 aliphatic heterocycles. The molecule has 2 aromatic rings. The number of rotatable bonds is 5. The Morgan fingerprint density at radius 2 is 2.07 bits per heavy atom. The van der Waals surface area contributed by atoms with E-state index in [1.54, 1.807) is 20.8 Å². The largest absolute Gasteiger partial charge is 0.459 e. The Bertz CT molecular complexity index is 891. The van der Waals surface area contributed by atoms with Gasteiger partial charge in [0, 0.05) is 12.1 Å². The summed E-state index contributed by atoms with van der Waals surface area (Å²) < 4.78 is 5.22. The van der Waals surface area contributed by atoms with Crippen molar-refractivity contribution in [1.29, 1.82) is 0 Å². The highest BCUT2D eigenvalue weighted by Gasteiger charge is 2.30. The molecule has 2 N–H and O–H groups in total. The van der Waals surface area contributed by atoms with Gasteiger partial charge in [-0.2, -0.15) is 0 Å². The summed E-state index contributed by atoms with van der Waals surface area (Å²) >= 11 is 1.14. The molecule has 0 saturated carbocycles. The summed E-state index contributed by atoms with van der Waals surface area (Å²) in [7, 11) is 0. The van der Waals surface area contributed by atoms with Crippen LogP contribution in [0, 0.1) is 6.92 Å². The number of fused-ring (bicyclic) bond motifs is 1. The maximum absolute atomic E-state index is 12.6. The number of carbonyl (C=O) groups excluding carboxylic acids is 2. The van der Waals surface area contributed by atoms with Crippen molar-refractivity contribution < 1.29 is 14.3 Å². The van der Waals surface area contributed by atoms with E-state index in [0.717, 1.165) is 22.7 Å². The predicted octanol–water partition coefficient (Wildman–Crippen LogP) is 3.67. The minimum absolute atomic E-state index is 0.153. The molecule has 1 amide bonds. The Kier molecular flexibility index (Phi) is 5.60. The summed E-state index contributed by atoms with van der Waals surface area (Å²) in [5, 5.41) is 6.71. The van der Waals surface area contributed by atoms with Gasteiger partial charge in [0.05, 0.1) is 29.7 Å². The number of para-hydroxylation sites is 2. The van der Waals surface area contributed by atoms with Crippen LogP contribution in [0.15, 0.2) is 24.3 Å². The molecular formula is C20H26N4O3S. The smallest absolute Gasteiger partial charge is 0.350 e. The summed E-state index contributed by atoms with van der Waals surface area (Å²) in [6, 6.07) is 7.94. The van der Waals surface area contributed by atoms with E-state index in [1.165, 1.54) is 0 Å². The summed E-state index contributed by atoms with van der Waals surface area (Å²) in [4.78, 5) is 31.5. The Morgan fingerprint density at radius 1 is 1.36 bits per heavy atom. The zero-order chi connectivity index (χ0) is 20.5. The van der Waals surface area contributed by atoms with Gasteiger partial charge < -0.3 is 20.3 Å². The maximum atomic E-state index is 12.6. The Morgan fingerprint density at radius 3 is 2.79 bits per heavy atom. The third-order valence-corrected chi connectivity index (χ3v) is 5.26. The summed E-state index contributed by atoms with van der Waals surface area (Å²) in [6.07, 6.45) is -0.205. The number of aromatic nitrogens is 1. The summed E-state index contributed by atoms with van der Waals surface area (Å²) in [6.45, 7) is 10.4. The minimum atomic E-state index is -0.414. The molecular weight excluding hydrogens is 376 g/mol. The Hall–Kier alpha value is -2.61. The quantitative estimate of drug-likeness (QED) is 0.743. The van der Waals surface area contributed by atoms with Crippen LogP contribution in [0.3, 0.4) is 0 Å². The number of carbonyl (C=O) groups is 2. The van der Waals surface area contributed by atoms with Gasteiger partial charge in [-0.1, -0.05) is 23.5 Å². The lowest BCUT2D eigenvalue weighted by molar-refractivity contribution is -0.115. The average Bonchev–Trinajstić information content (AvgIpc) is 2.93. The van der Waals surface area contributed by atoms with Gasteiger partial charge in [0.1, 0.15) is 4.88 Å². The molecule has 0 saturated heterocycles. The van der Waals surface area contributed by atoms with Crippen LogP contribution in [0.2, 0.25) is 0 Å². The first kappa shape index (κ1) is 20.1. The zero-order valence-electron chi connectivity index (χ0n) is 16.8. The van der Waals surface area contributed by atoms with Crippen molar-refractivity contribution >= 4 is 39.7 Å². The van der Waals surface area contributed by atoms with E-state index < -0.39 is 5.97 Å². The lowest BCUT2D eigenvalue weighted by atomic mass is 9.99. The topological polar surface area (TPSA) is 83.6 Å². The van der Waals surface area contributed by atoms with E-state index in [2.05, 4.69) is 34.4 Å². The van der Waals surface area contributed by atoms with Crippen molar-refractivity contribution in [3.05, 3.63) is 34.8 Å². The second kappa shape index (κ2) is 7.79. The fraction of sp³-hybridized carbons (Fsp3) is 0.450. The van der Waals surface area contributed by atoms with Crippen LogP contribution in [0.25, 0.3) is 0 Å². The fourth-order valence-electron chi connectivity index (χ4n) is 3.20. The van der Waals surface area contributed by atoms with Gasteiger partial charge in [-0.25, -0.2) is 9.78 Å². The van der Waals surface area contributed by atoms with Gasteiger partial charge in [0.15, 0.2) is 5.13 Å². The molecule has 0 unspecified atom stereocenters. The van der Waals surface area contributed by atoms with Gasteiger partial charge in [0.2, 0.25) is 5.91 Å². The highest BCUT2D eigenvalue weighted by Crippen LogP contribution is 2.34. The third-order valence-electron chi connectivity index (χ3n) is 4.21. The molecule has 0 spiro atoms. The van der Waals surface area contributed by atoms with Crippen LogP contribution in [-0.2, 0) is 9.53 Å². The van der Waals surface area contributed by atoms with Crippen LogP contribution in [0.1, 0.15) is 43.1 Å². The second-order valence-corrected chi connectivity index (χ2v) is 8.82. The van der Waals surface area contributed by atoms with Crippen LogP contribution >= 0.6 is 11.3 Å². The average molecular weight is 403 g/mol. The summed E-state index contributed by atoms with van der Waals surface area (Å²) in [5.74, 6) is -0.590. The molecule has 1 aliphatic rings. The maximum Gasteiger partial charge on any atom is 0.350 e. The molecule has 7 nitrogen and oxygen atoms in total. The van der Waals surface area contributed by atoms with Crippen LogP contribution in [0.4, 0.5) is 16.5 Å². The zero-order valence-corrected chi connectivity index (χ0v) is 17.6. The van der Waals surface area contributed by atoms with Crippen LogP contribution < -0.4 is 15.5 Å². The molecule has 1 aromatic heterocycles. The number of nitrogens with zero attached hydrogens (tertiary/aromatic N) is 2. The first-order chi connectivity index (χ1) is 13.1. The number of benzene rings is 1. The Labute approximate surface area is 169 Å². The lowest BCUT2D eigenvalue weighted by Gasteiger charge is -2.41. The van der Waals surface area contributed by atoms with Crippen molar-refractivity contribution in [2.45, 2.75) is 46.3 Å². The van der Waals surface area contributed by atoms with Crippen molar-refractivity contribution in [3.8, 4) is 0 Å². The first-order valence-electron chi connectivity index (χ1n) is 9.25. The normalized spacial score (nSPS) is 15.0. The first-order valence-corrected chi connectivity index (χ1v) is 10.1. The number of aryl methyl sites for hydroxylation is 1. The lowest BCUT2D eigenvalue weighted by Crippen LogP contribution is -2.50. The minimum Gasteiger partial charge on any atom is -0.459 e. The molecule has 3 rings (SSSR count). The number of esters is 1. The van der Waals surface area contributed by atoms with Crippen molar-refractivity contribution in [1.82, 2.24) is 4.98 Å². The van der Waals surface area contributed by atoms with Crippen molar-refractivity contribution in [3.63, 3.8) is 0 Å². The van der Waals surface area contributed by atoms with Gasteiger partial charge >= 0.3 is 5.97 Å². The molecule has 0 aliphatic carbocycles. The molecule has 0 radical (unpaired) electrons. The van der Waals surface area contributed by atoms with Crippen LogP contribution in [-0.4, -0.2) is 41.6 Å². The van der Waals surface area contributed by atoms with Crippen molar-refractivity contribution in [2.24, 2.45) is 0 Å². The number of thiazole rings is 1. The molecule has 150 valence electrons. The molecule has 1 aromatic carbocycles. The van der Waals surface area contributed by atoms with E-state index in [1.807, 2.05) is 24.3 Å². The SMILES string of the molecule is Cc1nc(NC(=O)CN2CC(C)(C)Nc3ccccc32)sc1C(=O)OC(C)C. The van der Waals surface area contributed by atoms with Gasteiger partial charge in [-0.15, -0.1) is 0 Å². The van der Waals surface area contributed by atoms with E-state index in [0.29, 0.717) is 22.2 Å². The molecule has 0 bridgehead atoms. The van der Waals surface area contributed by atoms with Crippen LogP contribution in [0.5, 0.6) is 0 Å². The van der Waals surface area contributed by atoms with Gasteiger partial charge in [0.25, 0.3) is 0 Å². The predicted molar refractivity (Wildman–Crippen MR) is 112 cm³/mol. The number of hydrogen-bond acceptors (Lipinski definition) is 7. The van der Waals surface area contributed by atoms with E-state index in [-0.39, 0.29) is 24.1 Å².